The molecule has 5 saturated carbocycles. The third-order valence-electron chi connectivity index (χ3n) is 16.7. The summed E-state index contributed by atoms with van der Waals surface area (Å²) < 4.78 is 21.1. The predicted molar refractivity (Wildman–Crippen MR) is 176 cm³/mol. The third-order valence-corrected chi connectivity index (χ3v) is 16.7. The van der Waals surface area contributed by atoms with Crippen LogP contribution in [0.2, 0.25) is 0 Å². The van der Waals surface area contributed by atoms with Gasteiger partial charge in [0, 0.05) is 24.7 Å². The van der Waals surface area contributed by atoms with Crippen LogP contribution in [0.1, 0.15) is 125 Å². The van der Waals surface area contributed by atoms with Gasteiger partial charge in [0.05, 0.1) is 18.3 Å². The summed E-state index contributed by atoms with van der Waals surface area (Å²) in [6.45, 7) is 13.5. The minimum Gasteiger partial charge on any atom is -0.481 e. The first-order valence-corrected chi connectivity index (χ1v) is 19.6. The molecule has 9 nitrogen and oxygen atoms in total. The fourth-order valence-electron chi connectivity index (χ4n) is 14.0. The van der Waals surface area contributed by atoms with E-state index in [1.807, 2.05) is 6.92 Å². The summed E-state index contributed by atoms with van der Waals surface area (Å²) in [7, 11) is 0. The highest BCUT2D eigenvalue weighted by Gasteiger charge is 2.71. The quantitative estimate of drug-likeness (QED) is 0.209. The van der Waals surface area contributed by atoms with E-state index in [9.17, 15) is 20.1 Å². The van der Waals surface area contributed by atoms with Gasteiger partial charge in [-0.05, 0) is 136 Å². The van der Waals surface area contributed by atoms with E-state index in [0.29, 0.717) is 30.1 Å². The largest absolute Gasteiger partial charge is 0.481 e. The molecule has 0 radical (unpaired) electrons. The molecule has 9 fully saturated rings. The standard InChI is InChI=1S/C39H62O9/c1-20(8-12-32(42)43)25-10-11-28-33-29(19-31(41)38(25,28)6)36(4)15-13-24(40)17-23(36)18-30(33)44-34-22(3)27-9-7-21(2)26-14-16-37(5)46-35(45-34)39(26,27)48-47-37/h20-31,33-35,40-41H,7-19H2,1-6H3,(H,42,43)/t20-,21-,22-,23?,24-,25-,26?,27?,28?,29?,30+,31+,33?,34?,35?,36+,37?,38-,39-/m1/s1. The Morgan fingerprint density at radius 1 is 0.896 bits per heavy atom. The number of aliphatic hydroxyl groups is 2. The summed E-state index contributed by atoms with van der Waals surface area (Å²) in [5.74, 6) is 1.15. The Morgan fingerprint density at radius 2 is 1.67 bits per heavy atom. The molecule has 0 amide bonds. The van der Waals surface area contributed by atoms with Gasteiger partial charge in [0.15, 0.2) is 18.2 Å². The van der Waals surface area contributed by atoms with E-state index < -0.39 is 36.0 Å². The number of carboxylic acids is 1. The first kappa shape index (κ1) is 34.3. The number of aliphatic carboxylic acids is 1. The van der Waals surface area contributed by atoms with E-state index in [1.54, 1.807) is 0 Å². The Hall–Kier alpha value is -0.810. The van der Waals surface area contributed by atoms with Gasteiger partial charge in [0.2, 0.25) is 5.79 Å². The maximum atomic E-state index is 12.2. The molecule has 9 aliphatic rings. The van der Waals surface area contributed by atoms with E-state index in [-0.39, 0.29) is 65.0 Å². The molecule has 272 valence electrons. The Balaban J connectivity index is 1.12. The molecule has 4 saturated heterocycles. The lowest BCUT2D eigenvalue weighted by Gasteiger charge is -2.65. The molecule has 9 unspecified atom stereocenters. The Labute approximate surface area is 287 Å². The SMILES string of the molecule is C[C@H]1C(O[C@H]2CC3C[C@H](O)CC[C@]3(C)C3C[C@H](O)[C@@]4(C)C(CC[C@@H]4[C@H](C)CCC(=O)O)C32)OC2OC3(C)CCC4[C@H](C)CCC1[C@@]24OO3. The smallest absolute Gasteiger partial charge is 0.303 e. The van der Waals surface area contributed by atoms with E-state index in [4.69, 9.17) is 24.0 Å². The number of hydrogen-bond acceptors (Lipinski definition) is 8. The molecule has 4 heterocycles. The molecule has 0 aromatic carbocycles. The summed E-state index contributed by atoms with van der Waals surface area (Å²) in [5.41, 5.74) is -0.887. The molecule has 1 spiro atoms. The molecule has 3 N–H and O–H groups in total. The van der Waals surface area contributed by atoms with Crippen LogP contribution in [0.4, 0.5) is 0 Å². The average molecular weight is 675 g/mol. The molecule has 0 aromatic heterocycles. The van der Waals surface area contributed by atoms with Crippen molar-refractivity contribution in [2.24, 2.45) is 70.0 Å². The first-order valence-electron chi connectivity index (χ1n) is 19.6. The van der Waals surface area contributed by atoms with Gasteiger partial charge in [0.1, 0.15) is 0 Å². The van der Waals surface area contributed by atoms with Gasteiger partial charge in [0.25, 0.3) is 0 Å². The topological polar surface area (TPSA) is 124 Å². The van der Waals surface area contributed by atoms with Crippen molar-refractivity contribution in [3.8, 4) is 0 Å². The van der Waals surface area contributed by atoms with Crippen molar-refractivity contribution in [3.63, 3.8) is 0 Å². The van der Waals surface area contributed by atoms with Gasteiger partial charge in [-0.2, -0.15) is 0 Å². The maximum absolute atomic E-state index is 12.2. The summed E-state index contributed by atoms with van der Waals surface area (Å²) in [5, 5.41) is 32.5. The number of carbonyl (C=O) groups is 1. The van der Waals surface area contributed by atoms with Gasteiger partial charge in [-0.3, -0.25) is 4.79 Å². The zero-order chi connectivity index (χ0) is 34.0. The van der Waals surface area contributed by atoms with Crippen LogP contribution in [0.25, 0.3) is 0 Å². The van der Waals surface area contributed by atoms with Gasteiger partial charge < -0.3 is 29.5 Å². The highest BCUT2D eigenvalue weighted by molar-refractivity contribution is 5.66. The van der Waals surface area contributed by atoms with Crippen LogP contribution in [0.5, 0.6) is 0 Å². The highest BCUT2D eigenvalue weighted by Crippen LogP contribution is 2.69. The van der Waals surface area contributed by atoms with Crippen LogP contribution < -0.4 is 0 Å². The van der Waals surface area contributed by atoms with E-state index in [2.05, 4.69) is 34.6 Å². The summed E-state index contributed by atoms with van der Waals surface area (Å²) in [6.07, 6.45) is 9.23. The van der Waals surface area contributed by atoms with E-state index >= 15 is 0 Å². The number of fused-ring (bicyclic) bond motifs is 7. The zero-order valence-electron chi connectivity index (χ0n) is 30.1. The lowest BCUT2D eigenvalue weighted by atomic mass is 9.43. The molecular weight excluding hydrogens is 612 g/mol. The third kappa shape index (κ3) is 4.90. The fraction of sp³-hybridized carbons (Fsp3) is 0.974. The highest BCUT2D eigenvalue weighted by atomic mass is 17.3. The molecule has 9 heteroatoms. The number of carboxylic acid groups (broad SMARTS) is 1. The Bertz CT molecular complexity index is 1250. The molecule has 19 atom stereocenters. The summed E-state index contributed by atoms with van der Waals surface area (Å²) >= 11 is 0. The lowest BCUT2D eigenvalue weighted by molar-refractivity contribution is -0.578. The average Bonchev–Trinajstić information content (AvgIpc) is 3.24. The predicted octanol–water partition coefficient (Wildman–Crippen LogP) is 6.68. The maximum Gasteiger partial charge on any atom is 0.303 e. The van der Waals surface area contributed by atoms with Gasteiger partial charge in [-0.25, -0.2) is 9.78 Å². The lowest BCUT2D eigenvalue weighted by Crippen LogP contribution is -2.71. The second-order valence-corrected chi connectivity index (χ2v) is 18.8. The Kier molecular flexibility index (Phi) is 8.47. The van der Waals surface area contributed by atoms with Crippen molar-refractivity contribution >= 4 is 5.97 Å². The molecular formula is C39H62O9. The molecule has 0 aromatic rings. The number of aliphatic hydroxyl groups excluding tert-OH is 2. The van der Waals surface area contributed by atoms with Crippen molar-refractivity contribution in [3.05, 3.63) is 0 Å². The van der Waals surface area contributed by atoms with Crippen LogP contribution in [-0.4, -0.2) is 63.6 Å². The normalized spacial score (nSPS) is 57.8. The second-order valence-electron chi connectivity index (χ2n) is 18.8. The van der Waals surface area contributed by atoms with Crippen LogP contribution >= 0.6 is 0 Å². The monoisotopic (exact) mass is 674 g/mol. The van der Waals surface area contributed by atoms with Crippen LogP contribution in [0, 0.1) is 70.0 Å². The molecule has 5 aliphatic carbocycles. The number of hydrogen-bond donors (Lipinski definition) is 3. The summed E-state index contributed by atoms with van der Waals surface area (Å²) in [4.78, 5) is 24.0. The first-order chi connectivity index (χ1) is 22.7. The number of rotatable bonds is 6. The van der Waals surface area contributed by atoms with Gasteiger partial charge in [-0.15, -0.1) is 0 Å². The number of ether oxygens (including phenoxy) is 3. The minimum atomic E-state index is -0.837. The van der Waals surface area contributed by atoms with Crippen LogP contribution in [0.15, 0.2) is 0 Å². The van der Waals surface area contributed by atoms with Crippen molar-refractivity contribution in [1.29, 1.82) is 0 Å². The van der Waals surface area contributed by atoms with Gasteiger partial charge >= 0.3 is 5.97 Å². The second kappa shape index (κ2) is 11.9. The Morgan fingerprint density at radius 3 is 2.44 bits per heavy atom. The van der Waals surface area contributed by atoms with E-state index in [1.165, 1.54) is 0 Å². The molecule has 2 bridgehead atoms. The van der Waals surface area contributed by atoms with Crippen molar-refractivity contribution in [2.75, 3.05) is 0 Å². The fourth-order valence-corrected chi connectivity index (χ4v) is 14.0. The van der Waals surface area contributed by atoms with Crippen LogP contribution in [-0.2, 0) is 28.8 Å². The minimum absolute atomic E-state index is 0.0399. The summed E-state index contributed by atoms with van der Waals surface area (Å²) in [6, 6.07) is 0. The van der Waals surface area contributed by atoms with Gasteiger partial charge in [-0.1, -0.05) is 34.6 Å². The van der Waals surface area contributed by atoms with E-state index in [0.717, 1.165) is 70.6 Å². The van der Waals surface area contributed by atoms with Crippen molar-refractivity contribution in [2.45, 2.75) is 167 Å². The van der Waals surface area contributed by atoms with Crippen molar-refractivity contribution < 1.29 is 44.1 Å². The molecule has 4 aliphatic heterocycles. The zero-order valence-corrected chi connectivity index (χ0v) is 30.1. The van der Waals surface area contributed by atoms with Crippen molar-refractivity contribution in [1.82, 2.24) is 0 Å². The van der Waals surface area contributed by atoms with Crippen LogP contribution in [0.3, 0.4) is 0 Å². The molecule has 48 heavy (non-hydrogen) atoms. The molecule has 9 rings (SSSR count).